The molecule has 0 fully saturated rings. The third-order valence-corrected chi connectivity index (χ3v) is 13.6. The minimum absolute atomic E-state index is 0.00157. The zero-order chi connectivity index (χ0) is 46.5. The lowest BCUT2D eigenvalue weighted by Crippen LogP contribution is -2.45. The predicted octanol–water partition coefficient (Wildman–Crippen LogP) is 17.7. The largest absolute Gasteiger partial charge is 0.466 e. The molecule has 3 N–H and O–H groups in total. The number of allylic oxidation sites excluding steroid dienone is 1. The maximum atomic E-state index is 12.4. The third kappa shape index (κ3) is 50.0. The van der Waals surface area contributed by atoms with E-state index in [0.29, 0.717) is 19.4 Å². The molecule has 0 rings (SSSR count). The van der Waals surface area contributed by atoms with Gasteiger partial charge in [0.1, 0.15) is 0 Å². The number of rotatable bonds is 54. The molecule has 380 valence electrons. The van der Waals surface area contributed by atoms with Gasteiger partial charge in [-0.05, 0) is 32.1 Å². The van der Waals surface area contributed by atoms with Crippen molar-refractivity contribution in [3.05, 3.63) is 12.2 Å². The summed E-state index contributed by atoms with van der Waals surface area (Å²) >= 11 is 0. The number of hydrogen-bond acceptors (Lipinski definition) is 5. The molecule has 64 heavy (non-hydrogen) atoms. The van der Waals surface area contributed by atoms with Gasteiger partial charge < -0.3 is 20.3 Å². The zero-order valence-corrected chi connectivity index (χ0v) is 43.3. The van der Waals surface area contributed by atoms with E-state index in [2.05, 4.69) is 19.2 Å². The van der Waals surface area contributed by atoms with Crippen LogP contribution in [-0.4, -0.2) is 47.4 Å². The number of unbranched alkanes of at least 4 members (excludes halogenated alkanes) is 43. The molecule has 2 unspecified atom stereocenters. The number of carbonyl (C=O) groups excluding carboxylic acids is 2. The van der Waals surface area contributed by atoms with E-state index < -0.39 is 12.1 Å². The first-order valence-corrected chi connectivity index (χ1v) is 29.0. The van der Waals surface area contributed by atoms with Crippen LogP contribution in [-0.2, 0) is 14.3 Å². The second kappa shape index (κ2) is 54.2. The standard InChI is InChI=1S/C58H113NO5/c1-3-5-7-9-11-13-15-17-19-20-21-22-24-28-32-36-40-44-48-52-58(63)64-53-49-45-41-37-33-29-25-27-31-35-39-43-47-51-57(62)59-55(54-60)56(61)50-46-42-38-34-30-26-23-18-16-14-12-10-8-6-4-2/h46,50,55-56,60-61H,3-45,47-49,51-54H2,1-2H3,(H,59,62)/b50-46+. The molecule has 0 aliphatic heterocycles. The van der Waals surface area contributed by atoms with E-state index in [1.807, 2.05) is 6.08 Å². The van der Waals surface area contributed by atoms with Gasteiger partial charge in [-0.25, -0.2) is 0 Å². The van der Waals surface area contributed by atoms with E-state index in [-0.39, 0.29) is 18.5 Å². The number of carbonyl (C=O) groups is 2. The van der Waals surface area contributed by atoms with Gasteiger partial charge in [-0.15, -0.1) is 0 Å². The molecule has 6 nitrogen and oxygen atoms in total. The average Bonchev–Trinajstić information content (AvgIpc) is 3.29. The molecule has 0 aliphatic rings. The van der Waals surface area contributed by atoms with Crippen LogP contribution in [0.25, 0.3) is 0 Å². The first-order valence-electron chi connectivity index (χ1n) is 29.0. The van der Waals surface area contributed by atoms with E-state index >= 15 is 0 Å². The normalized spacial score (nSPS) is 12.6. The minimum atomic E-state index is -0.852. The van der Waals surface area contributed by atoms with Crippen molar-refractivity contribution in [1.82, 2.24) is 5.32 Å². The van der Waals surface area contributed by atoms with Gasteiger partial charge in [0.2, 0.25) is 5.91 Å². The van der Waals surface area contributed by atoms with E-state index in [1.165, 1.54) is 238 Å². The Hall–Kier alpha value is -1.40. The molecule has 0 saturated heterocycles. The highest BCUT2D eigenvalue weighted by molar-refractivity contribution is 5.76. The Morgan fingerprint density at radius 2 is 0.719 bits per heavy atom. The Bertz CT molecular complexity index is 955. The van der Waals surface area contributed by atoms with Crippen molar-refractivity contribution >= 4 is 11.9 Å². The Morgan fingerprint density at radius 1 is 0.422 bits per heavy atom. The first kappa shape index (κ1) is 62.6. The van der Waals surface area contributed by atoms with Crippen LogP contribution in [0.15, 0.2) is 12.2 Å². The van der Waals surface area contributed by atoms with Crippen molar-refractivity contribution in [1.29, 1.82) is 0 Å². The quantitative estimate of drug-likeness (QED) is 0.0321. The summed E-state index contributed by atoms with van der Waals surface area (Å²) in [6, 6.07) is -0.636. The number of amides is 1. The lowest BCUT2D eigenvalue weighted by atomic mass is 10.0. The van der Waals surface area contributed by atoms with Gasteiger partial charge in [-0.2, -0.15) is 0 Å². The maximum absolute atomic E-state index is 12.4. The molecule has 6 heteroatoms. The SMILES string of the molecule is CCCCCCCCCCCCCCC/C=C/C(O)C(CO)NC(=O)CCCCCCCCCCCCCCCOC(=O)CCCCCCCCCCCCCCCCCCCCC. The molecular weight excluding hydrogens is 791 g/mol. The van der Waals surface area contributed by atoms with Crippen molar-refractivity contribution in [3.63, 3.8) is 0 Å². The van der Waals surface area contributed by atoms with Crippen molar-refractivity contribution in [2.45, 2.75) is 334 Å². The van der Waals surface area contributed by atoms with Crippen LogP contribution in [0.2, 0.25) is 0 Å². The molecule has 0 saturated carbocycles. The molecule has 0 aliphatic carbocycles. The number of esters is 1. The van der Waals surface area contributed by atoms with Gasteiger partial charge in [0.05, 0.1) is 25.4 Å². The van der Waals surface area contributed by atoms with Gasteiger partial charge in [0, 0.05) is 12.8 Å². The number of hydrogen-bond donors (Lipinski definition) is 3. The predicted molar refractivity (Wildman–Crippen MR) is 278 cm³/mol. The van der Waals surface area contributed by atoms with Crippen LogP contribution < -0.4 is 5.32 Å². The lowest BCUT2D eigenvalue weighted by Gasteiger charge is -2.20. The number of aliphatic hydroxyl groups is 2. The fraction of sp³-hybridized carbons (Fsp3) is 0.931. The number of nitrogens with one attached hydrogen (secondary N) is 1. The summed E-state index contributed by atoms with van der Waals surface area (Å²) in [7, 11) is 0. The third-order valence-electron chi connectivity index (χ3n) is 13.6. The summed E-state index contributed by atoms with van der Waals surface area (Å²) in [5, 5.41) is 23.1. The van der Waals surface area contributed by atoms with E-state index in [1.54, 1.807) is 6.08 Å². The number of ether oxygens (including phenoxy) is 1. The molecule has 0 radical (unpaired) electrons. The smallest absolute Gasteiger partial charge is 0.305 e. The Morgan fingerprint density at radius 3 is 1.06 bits per heavy atom. The fourth-order valence-corrected chi connectivity index (χ4v) is 9.11. The van der Waals surface area contributed by atoms with Crippen LogP contribution in [0.4, 0.5) is 0 Å². The Labute approximate surface area is 399 Å². The van der Waals surface area contributed by atoms with Crippen molar-refractivity contribution < 1.29 is 24.5 Å². The summed E-state index contributed by atoms with van der Waals surface area (Å²) in [4.78, 5) is 24.5. The molecule has 0 aromatic carbocycles. The number of aliphatic hydroxyl groups excluding tert-OH is 2. The zero-order valence-electron chi connectivity index (χ0n) is 43.3. The second-order valence-electron chi connectivity index (χ2n) is 20.0. The Kier molecular flexibility index (Phi) is 53.0. The van der Waals surface area contributed by atoms with E-state index in [0.717, 1.165) is 57.8 Å². The fourth-order valence-electron chi connectivity index (χ4n) is 9.11. The molecular formula is C58H113NO5. The van der Waals surface area contributed by atoms with Gasteiger partial charge in [-0.1, -0.05) is 289 Å². The van der Waals surface area contributed by atoms with Gasteiger partial charge in [0.15, 0.2) is 0 Å². The van der Waals surface area contributed by atoms with Crippen LogP contribution in [0.5, 0.6) is 0 Å². The highest BCUT2D eigenvalue weighted by Crippen LogP contribution is 2.17. The van der Waals surface area contributed by atoms with Crippen LogP contribution >= 0.6 is 0 Å². The average molecular weight is 905 g/mol. The van der Waals surface area contributed by atoms with Crippen molar-refractivity contribution in [2.24, 2.45) is 0 Å². The van der Waals surface area contributed by atoms with Crippen molar-refractivity contribution in [2.75, 3.05) is 13.2 Å². The van der Waals surface area contributed by atoms with E-state index in [4.69, 9.17) is 4.74 Å². The Balaban J connectivity index is 3.43. The second-order valence-corrected chi connectivity index (χ2v) is 20.0. The summed E-state index contributed by atoms with van der Waals surface area (Å²) < 4.78 is 5.49. The molecule has 1 amide bonds. The van der Waals surface area contributed by atoms with Gasteiger partial charge >= 0.3 is 5.97 Å². The van der Waals surface area contributed by atoms with E-state index in [9.17, 15) is 19.8 Å². The molecule has 0 spiro atoms. The summed E-state index contributed by atoms with van der Waals surface area (Å²) in [6.07, 6.45) is 63.7. The van der Waals surface area contributed by atoms with Crippen molar-refractivity contribution in [3.8, 4) is 0 Å². The van der Waals surface area contributed by atoms with Gasteiger partial charge in [0.25, 0.3) is 0 Å². The highest BCUT2D eigenvalue weighted by atomic mass is 16.5. The maximum Gasteiger partial charge on any atom is 0.305 e. The topological polar surface area (TPSA) is 95.9 Å². The van der Waals surface area contributed by atoms with Crippen LogP contribution in [0.1, 0.15) is 322 Å². The summed E-state index contributed by atoms with van der Waals surface area (Å²) in [5.74, 6) is -0.0801. The molecule has 0 heterocycles. The monoisotopic (exact) mass is 904 g/mol. The van der Waals surface area contributed by atoms with Crippen LogP contribution in [0, 0.1) is 0 Å². The summed E-state index contributed by atoms with van der Waals surface area (Å²) in [5.41, 5.74) is 0. The molecule has 0 aromatic rings. The van der Waals surface area contributed by atoms with Gasteiger partial charge in [-0.3, -0.25) is 9.59 Å². The highest BCUT2D eigenvalue weighted by Gasteiger charge is 2.18. The summed E-state index contributed by atoms with van der Waals surface area (Å²) in [6.45, 7) is 4.90. The first-order chi connectivity index (χ1) is 31.5. The molecule has 2 atom stereocenters. The minimum Gasteiger partial charge on any atom is -0.466 e. The molecule has 0 bridgehead atoms. The molecule has 0 aromatic heterocycles. The van der Waals surface area contributed by atoms with Crippen LogP contribution in [0.3, 0.4) is 0 Å². The lowest BCUT2D eigenvalue weighted by molar-refractivity contribution is -0.143.